The molecule has 1 N–H and O–H groups in total. The normalized spacial score (nSPS) is 33.2. The van der Waals surface area contributed by atoms with E-state index in [0.717, 1.165) is 25.7 Å². The molecule has 21 heavy (non-hydrogen) atoms. The molecular weight excluding hydrogens is 268 g/mol. The Morgan fingerprint density at radius 2 is 1.86 bits per heavy atom. The molecule has 0 aromatic heterocycles. The summed E-state index contributed by atoms with van der Waals surface area (Å²) in [5.74, 6) is 0.615. The molecule has 3 rings (SSSR count). The summed E-state index contributed by atoms with van der Waals surface area (Å²) in [6.07, 6.45) is 3.73. The molecule has 1 saturated carbocycles. The fourth-order valence-electron chi connectivity index (χ4n) is 3.71. The van der Waals surface area contributed by atoms with Crippen molar-refractivity contribution < 1.29 is 14.3 Å². The summed E-state index contributed by atoms with van der Waals surface area (Å²) in [5, 5.41) is 2.98. The van der Waals surface area contributed by atoms with E-state index in [4.69, 9.17) is 4.74 Å². The lowest BCUT2D eigenvalue weighted by Gasteiger charge is -2.52. The van der Waals surface area contributed by atoms with Crippen LogP contribution in [-0.4, -0.2) is 47.6 Å². The van der Waals surface area contributed by atoms with Gasteiger partial charge in [0.25, 0.3) is 0 Å². The predicted octanol–water partition coefficient (Wildman–Crippen LogP) is 1.32. The molecule has 0 aromatic carbocycles. The van der Waals surface area contributed by atoms with Crippen LogP contribution in [0.3, 0.4) is 0 Å². The van der Waals surface area contributed by atoms with Gasteiger partial charge in [-0.1, -0.05) is 13.8 Å². The Hall–Kier alpha value is -1.10. The first kappa shape index (κ1) is 14.8. The van der Waals surface area contributed by atoms with Gasteiger partial charge < -0.3 is 15.0 Å². The second-order valence-electron chi connectivity index (χ2n) is 7.33. The molecule has 0 radical (unpaired) electrons. The van der Waals surface area contributed by atoms with Gasteiger partial charge in [-0.2, -0.15) is 0 Å². The first-order chi connectivity index (χ1) is 9.94. The van der Waals surface area contributed by atoms with Crippen LogP contribution >= 0.6 is 0 Å². The maximum Gasteiger partial charge on any atom is 0.246 e. The number of amides is 2. The fraction of sp³-hybridized carbons (Fsp3) is 0.875. The minimum Gasteiger partial charge on any atom is -0.381 e. The molecule has 0 aromatic rings. The number of nitrogens with one attached hydrogen (secondary N) is 1. The van der Waals surface area contributed by atoms with Crippen LogP contribution in [0, 0.1) is 11.8 Å². The lowest BCUT2D eigenvalue weighted by molar-refractivity contribution is -0.164. The quantitative estimate of drug-likeness (QED) is 0.854. The van der Waals surface area contributed by atoms with E-state index in [-0.39, 0.29) is 35.4 Å². The summed E-state index contributed by atoms with van der Waals surface area (Å²) in [4.78, 5) is 27.5. The van der Waals surface area contributed by atoms with Gasteiger partial charge in [-0.3, -0.25) is 9.59 Å². The maximum atomic E-state index is 13.0. The van der Waals surface area contributed by atoms with Crippen molar-refractivity contribution in [3.8, 4) is 0 Å². The molecule has 2 heterocycles. The van der Waals surface area contributed by atoms with Crippen LogP contribution < -0.4 is 5.32 Å². The Bertz CT molecular complexity index is 439. The molecule has 118 valence electrons. The van der Waals surface area contributed by atoms with Gasteiger partial charge in [0.15, 0.2) is 0 Å². The van der Waals surface area contributed by atoms with Crippen LogP contribution in [0.4, 0.5) is 0 Å². The average molecular weight is 294 g/mol. The highest BCUT2D eigenvalue weighted by atomic mass is 16.5. The van der Waals surface area contributed by atoms with Crippen molar-refractivity contribution in [2.24, 2.45) is 11.8 Å². The summed E-state index contributed by atoms with van der Waals surface area (Å²) in [6.45, 7) is 7.49. The van der Waals surface area contributed by atoms with E-state index in [9.17, 15) is 9.59 Å². The largest absolute Gasteiger partial charge is 0.381 e. The number of rotatable bonds is 3. The van der Waals surface area contributed by atoms with E-state index in [1.54, 1.807) is 0 Å². The van der Waals surface area contributed by atoms with E-state index in [0.29, 0.717) is 19.1 Å². The van der Waals surface area contributed by atoms with Crippen molar-refractivity contribution in [2.45, 2.75) is 64.1 Å². The number of ether oxygens (including phenoxy) is 1. The van der Waals surface area contributed by atoms with E-state index in [1.807, 2.05) is 18.7 Å². The van der Waals surface area contributed by atoms with Crippen molar-refractivity contribution in [2.75, 3.05) is 13.2 Å². The number of carbonyl (C=O) groups excluding carboxylic acids is 2. The highest BCUT2D eigenvalue weighted by Crippen LogP contribution is 2.39. The van der Waals surface area contributed by atoms with Gasteiger partial charge in [-0.05, 0) is 44.4 Å². The summed E-state index contributed by atoms with van der Waals surface area (Å²) in [6, 6.07) is -0.650. The number of piperazine rings is 1. The molecule has 3 fully saturated rings. The summed E-state index contributed by atoms with van der Waals surface area (Å²) >= 11 is 0. The smallest absolute Gasteiger partial charge is 0.246 e. The van der Waals surface area contributed by atoms with Crippen molar-refractivity contribution in [3.63, 3.8) is 0 Å². The number of hydrogen-bond acceptors (Lipinski definition) is 3. The number of hydrogen-bond donors (Lipinski definition) is 1. The van der Waals surface area contributed by atoms with E-state index in [1.165, 1.54) is 0 Å². The second-order valence-corrected chi connectivity index (χ2v) is 7.33. The van der Waals surface area contributed by atoms with Crippen molar-refractivity contribution in [1.29, 1.82) is 0 Å². The van der Waals surface area contributed by atoms with Gasteiger partial charge in [0.05, 0.1) is 0 Å². The molecule has 0 bridgehead atoms. The van der Waals surface area contributed by atoms with E-state index in [2.05, 4.69) is 12.2 Å². The Morgan fingerprint density at radius 1 is 1.24 bits per heavy atom. The Balaban J connectivity index is 1.93. The minimum absolute atomic E-state index is 0.0224. The van der Waals surface area contributed by atoms with Crippen LogP contribution in [0.15, 0.2) is 0 Å². The number of nitrogens with zero attached hydrogens (tertiary/aromatic N) is 1. The monoisotopic (exact) mass is 294 g/mol. The molecule has 5 heteroatoms. The van der Waals surface area contributed by atoms with Crippen LogP contribution in [0.1, 0.15) is 46.5 Å². The topological polar surface area (TPSA) is 58.6 Å². The third kappa shape index (κ3) is 2.56. The molecule has 2 saturated heterocycles. The van der Waals surface area contributed by atoms with Crippen molar-refractivity contribution in [3.05, 3.63) is 0 Å². The third-order valence-electron chi connectivity index (χ3n) is 5.22. The number of carbonyl (C=O) groups is 2. The van der Waals surface area contributed by atoms with Gasteiger partial charge in [0.1, 0.15) is 12.1 Å². The Morgan fingerprint density at radius 3 is 2.38 bits per heavy atom. The Labute approximate surface area is 126 Å². The summed E-state index contributed by atoms with van der Waals surface area (Å²) in [5.41, 5.74) is -0.255. The average Bonchev–Trinajstić information content (AvgIpc) is 3.25. The molecule has 2 unspecified atom stereocenters. The zero-order valence-electron chi connectivity index (χ0n) is 13.2. The minimum atomic E-state index is -0.351. The zero-order valence-corrected chi connectivity index (χ0v) is 13.2. The molecular formula is C16H26N2O3. The van der Waals surface area contributed by atoms with Gasteiger partial charge in [-0.25, -0.2) is 0 Å². The zero-order chi connectivity index (χ0) is 15.2. The molecule has 2 aliphatic heterocycles. The SMILES string of the molecule is CC(C)C1C(=O)NC(C2CC2)C(=O)N1C1(C)CCOCC1. The molecule has 2 atom stereocenters. The van der Waals surface area contributed by atoms with Crippen molar-refractivity contribution >= 4 is 11.8 Å². The van der Waals surface area contributed by atoms with E-state index >= 15 is 0 Å². The van der Waals surface area contributed by atoms with E-state index < -0.39 is 0 Å². The molecule has 5 nitrogen and oxygen atoms in total. The maximum absolute atomic E-state index is 13.0. The lowest BCUT2D eigenvalue weighted by atomic mass is 9.83. The van der Waals surface area contributed by atoms with Crippen LogP contribution in [0.5, 0.6) is 0 Å². The predicted molar refractivity (Wildman–Crippen MR) is 78.6 cm³/mol. The van der Waals surface area contributed by atoms with Gasteiger partial charge in [-0.15, -0.1) is 0 Å². The lowest BCUT2D eigenvalue weighted by Crippen LogP contribution is -2.71. The standard InChI is InChI=1S/C16H26N2O3/c1-10(2)13-14(19)17-12(11-4-5-11)15(20)18(13)16(3)6-8-21-9-7-16/h10-13H,4-9H2,1-3H3,(H,17,19). The van der Waals surface area contributed by atoms with Crippen LogP contribution in [0.25, 0.3) is 0 Å². The highest BCUT2D eigenvalue weighted by Gasteiger charge is 2.53. The molecule has 3 aliphatic rings. The third-order valence-corrected chi connectivity index (χ3v) is 5.22. The van der Waals surface area contributed by atoms with Gasteiger partial charge in [0.2, 0.25) is 11.8 Å². The molecule has 2 amide bonds. The second kappa shape index (κ2) is 5.27. The Kier molecular flexibility index (Phi) is 3.72. The van der Waals surface area contributed by atoms with Gasteiger partial charge in [0, 0.05) is 18.8 Å². The summed E-state index contributed by atoms with van der Waals surface area (Å²) in [7, 11) is 0. The molecule has 0 spiro atoms. The van der Waals surface area contributed by atoms with Crippen LogP contribution in [-0.2, 0) is 14.3 Å². The first-order valence-electron chi connectivity index (χ1n) is 8.15. The highest BCUT2D eigenvalue weighted by molar-refractivity contribution is 5.98. The first-order valence-corrected chi connectivity index (χ1v) is 8.15. The molecule has 1 aliphatic carbocycles. The van der Waals surface area contributed by atoms with Gasteiger partial charge >= 0.3 is 0 Å². The van der Waals surface area contributed by atoms with Crippen molar-refractivity contribution in [1.82, 2.24) is 10.2 Å². The summed E-state index contributed by atoms with van der Waals surface area (Å²) < 4.78 is 5.46. The fourth-order valence-corrected chi connectivity index (χ4v) is 3.71. The van der Waals surface area contributed by atoms with Crippen LogP contribution in [0.2, 0.25) is 0 Å².